The summed E-state index contributed by atoms with van der Waals surface area (Å²) >= 11 is 1.76. The van der Waals surface area contributed by atoms with Crippen molar-refractivity contribution in [3.8, 4) is 16.2 Å². The van der Waals surface area contributed by atoms with Crippen molar-refractivity contribution in [2.75, 3.05) is 7.11 Å². The predicted octanol–water partition coefficient (Wildman–Crippen LogP) is 5.44. The van der Waals surface area contributed by atoms with Gasteiger partial charge in [0.15, 0.2) is 0 Å². The number of thiophene rings is 1. The van der Waals surface area contributed by atoms with E-state index in [1.165, 1.54) is 4.88 Å². The van der Waals surface area contributed by atoms with Gasteiger partial charge in [-0.25, -0.2) is 4.79 Å². The highest BCUT2D eigenvalue weighted by molar-refractivity contribution is 7.15. The van der Waals surface area contributed by atoms with Crippen LogP contribution in [-0.4, -0.2) is 7.11 Å². The van der Waals surface area contributed by atoms with Gasteiger partial charge in [-0.15, -0.1) is 11.3 Å². The number of fused-ring (bicyclic) bond motifs is 1. The molecule has 2 heterocycles. The number of rotatable bonds is 2. The summed E-state index contributed by atoms with van der Waals surface area (Å²) in [4.78, 5) is 14.5. The Hall–Kier alpha value is -2.07. The molecule has 2 aromatic heterocycles. The Labute approximate surface area is 145 Å². The van der Waals surface area contributed by atoms with Gasteiger partial charge in [-0.3, -0.25) is 0 Å². The highest BCUT2D eigenvalue weighted by atomic mass is 32.1. The van der Waals surface area contributed by atoms with Crippen LogP contribution >= 0.6 is 11.3 Å². The number of methoxy groups -OCH3 is 1. The predicted molar refractivity (Wildman–Crippen MR) is 101 cm³/mol. The molecule has 0 fully saturated rings. The van der Waals surface area contributed by atoms with Crippen LogP contribution in [0.3, 0.4) is 0 Å². The molecule has 0 spiro atoms. The number of hydrogen-bond acceptors (Lipinski definition) is 4. The molecule has 126 valence electrons. The first-order valence-electron chi connectivity index (χ1n) is 7.95. The van der Waals surface area contributed by atoms with E-state index in [0.717, 1.165) is 27.1 Å². The third-order valence-corrected chi connectivity index (χ3v) is 5.92. The van der Waals surface area contributed by atoms with Crippen LogP contribution in [0.2, 0.25) is 0 Å². The second-order valence-electron chi connectivity index (χ2n) is 7.11. The molecule has 0 N–H and O–H groups in total. The molecule has 3 rings (SSSR count). The van der Waals surface area contributed by atoms with E-state index < -0.39 is 0 Å². The fourth-order valence-electron chi connectivity index (χ4n) is 2.76. The lowest BCUT2D eigenvalue weighted by Crippen LogP contribution is -2.07. The number of aryl methyl sites for hydroxylation is 1. The molecule has 0 saturated heterocycles. The minimum Gasteiger partial charge on any atom is -0.496 e. The van der Waals surface area contributed by atoms with Gasteiger partial charge < -0.3 is 9.15 Å². The average Bonchev–Trinajstić information content (AvgIpc) is 3.01. The number of hydrogen-bond donors (Lipinski definition) is 0. The van der Waals surface area contributed by atoms with Crippen molar-refractivity contribution in [2.45, 2.75) is 40.0 Å². The summed E-state index contributed by atoms with van der Waals surface area (Å²) in [5.74, 6) is 0.734. The number of benzene rings is 1. The first kappa shape index (κ1) is 16.8. The lowest BCUT2D eigenvalue weighted by Gasteiger charge is -2.15. The fraction of sp³-hybridized carbons (Fsp3) is 0.350. The van der Waals surface area contributed by atoms with Crippen LogP contribution < -0.4 is 10.4 Å². The van der Waals surface area contributed by atoms with Crippen molar-refractivity contribution in [1.29, 1.82) is 0 Å². The van der Waals surface area contributed by atoms with Crippen molar-refractivity contribution in [2.24, 2.45) is 0 Å². The van der Waals surface area contributed by atoms with Gasteiger partial charge in [0.2, 0.25) is 0 Å². The Bertz CT molecular complexity index is 971. The van der Waals surface area contributed by atoms with Gasteiger partial charge in [0.25, 0.3) is 0 Å². The summed E-state index contributed by atoms with van der Waals surface area (Å²) in [5.41, 5.74) is 2.94. The third-order valence-electron chi connectivity index (χ3n) is 4.36. The Kier molecular flexibility index (Phi) is 4.04. The van der Waals surface area contributed by atoms with E-state index in [1.807, 2.05) is 19.1 Å². The van der Waals surface area contributed by atoms with E-state index >= 15 is 0 Å². The molecule has 4 heteroatoms. The second kappa shape index (κ2) is 5.78. The van der Waals surface area contributed by atoms with Crippen molar-refractivity contribution >= 4 is 22.3 Å². The lowest BCUT2D eigenvalue weighted by atomic mass is 9.95. The van der Waals surface area contributed by atoms with Crippen LogP contribution in [-0.2, 0) is 5.41 Å². The third kappa shape index (κ3) is 2.75. The van der Waals surface area contributed by atoms with Crippen LogP contribution in [0.15, 0.2) is 33.5 Å². The summed E-state index contributed by atoms with van der Waals surface area (Å²) in [6.45, 7) is 10.3. The standard InChI is InChI=1S/C20H22O3S/c1-11-12(2)19(21)23-15-10-13(9-14(22-6)18(11)15)16-7-8-17(24-16)20(3,4)5/h7-10H,1-6H3. The zero-order chi connectivity index (χ0) is 17.6. The van der Waals surface area contributed by atoms with E-state index in [9.17, 15) is 4.79 Å². The minimum absolute atomic E-state index is 0.115. The van der Waals surface area contributed by atoms with Gasteiger partial charge in [0, 0.05) is 15.3 Å². The molecule has 24 heavy (non-hydrogen) atoms. The molecule has 0 unspecified atom stereocenters. The monoisotopic (exact) mass is 342 g/mol. The Morgan fingerprint density at radius 1 is 1.08 bits per heavy atom. The maximum atomic E-state index is 12.0. The van der Waals surface area contributed by atoms with Gasteiger partial charge in [0.1, 0.15) is 11.3 Å². The minimum atomic E-state index is -0.291. The SMILES string of the molecule is COc1cc(-c2ccc(C(C)(C)C)s2)cc2oc(=O)c(C)c(C)c12. The van der Waals surface area contributed by atoms with E-state index in [1.54, 1.807) is 25.4 Å². The van der Waals surface area contributed by atoms with Gasteiger partial charge in [-0.05, 0) is 54.7 Å². The molecule has 1 aromatic carbocycles. The van der Waals surface area contributed by atoms with Crippen LogP contribution in [0.1, 0.15) is 36.8 Å². The first-order valence-corrected chi connectivity index (χ1v) is 8.76. The summed E-state index contributed by atoms with van der Waals surface area (Å²) in [7, 11) is 1.65. The van der Waals surface area contributed by atoms with Crippen molar-refractivity contribution in [1.82, 2.24) is 0 Å². The lowest BCUT2D eigenvalue weighted by molar-refractivity contribution is 0.418. The molecule has 0 aliphatic heterocycles. The normalized spacial score (nSPS) is 11.9. The van der Waals surface area contributed by atoms with Crippen LogP contribution in [0.4, 0.5) is 0 Å². The quantitative estimate of drug-likeness (QED) is 0.582. The van der Waals surface area contributed by atoms with Gasteiger partial charge in [-0.1, -0.05) is 20.8 Å². The molecule has 0 aliphatic rings. The molecule has 0 radical (unpaired) electrons. The van der Waals surface area contributed by atoms with E-state index in [0.29, 0.717) is 11.1 Å². The second-order valence-corrected chi connectivity index (χ2v) is 8.19. The molecule has 0 saturated carbocycles. The Morgan fingerprint density at radius 3 is 2.38 bits per heavy atom. The van der Waals surface area contributed by atoms with Crippen molar-refractivity contribution < 1.29 is 9.15 Å². The Balaban J connectivity index is 2.26. The highest BCUT2D eigenvalue weighted by Crippen LogP contribution is 2.39. The largest absolute Gasteiger partial charge is 0.496 e. The molecular formula is C20H22O3S. The summed E-state index contributed by atoms with van der Waals surface area (Å²) in [6.07, 6.45) is 0. The smallest absolute Gasteiger partial charge is 0.339 e. The topological polar surface area (TPSA) is 39.4 Å². The van der Waals surface area contributed by atoms with Gasteiger partial charge in [0.05, 0.1) is 12.5 Å². The molecule has 3 nitrogen and oxygen atoms in total. The Morgan fingerprint density at radius 2 is 1.79 bits per heavy atom. The van der Waals surface area contributed by atoms with Crippen molar-refractivity contribution in [3.63, 3.8) is 0 Å². The molecular weight excluding hydrogens is 320 g/mol. The van der Waals surface area contributed by atoms with Crippen LogP contribution in [0.5, 0.6) is 5.75 Å². The molecule has 0 atom stereocenters. The summed E-state index contributed by atoms with van der Waals surface area (Å²) in [5, 5.41) is 0.867. The summed E-state index contributed by atoms with van der Waals surface area (Å²) < 4.78 is 11.1. The van der Waals surface area contributed by atoms with E-state index in [4.69, 9.17) is 9.15 Å². The molecule has 0 amide bonds. The maximum absolute atomic E-state index is 12.0. The average molecular weight is 342 g/mol. The van der Waals surface area contributed by atoms with E-state index in [-0.39, 0.29) is 11.0 Å². The first-order chi connectivity index (χ1) is 11.2. The summed E-state index contributed by atoms with van der Waals surface area (Å²) in [6, 6.07) is 8.23. The zero-order valence-corrected chi connectivity index (χ0v) is 15.8. The maximum Gasteiger partial charge on any atom is 0.339 e. The van der Waals surface area contributed by atoms with Gasteiger partial charge in [-0.2, -0.15) is 0 Å². The van der Waals surface area contributed by atoms with Crippen LogP contribution in [0, 0.1) is 13.8 Å². The fourth-order valence-corrected chi connectivity index (χ4v) is 3.81. The van der Waals surface area contributed by atoms with Crippen molar-refractivity contribution in [3.05, 3.63) is 50.7 Å². The van der Waals surface area contributed by atoms with Gasteiger partial charge >= 0.3 is 5.63 Å². The number of ether oxygens (including phenoxy) is 1. The molecule has 3 aromatic rings. The van der Waals surface area contributed by atoms with Crippen LogP contribution in [0.25, 0.3) is 21.4 Å². The highest BCUT2D eigenvalue weighted by Gasteiger charge is 2.19. The molecule has 0 bridgehead atoms. The zero-order valence-electron chi connectivity index (χ0n) is 14.9. The van der Waals surface area contributed by atoms with E-state index in [2.05, 4.69) is 32.9 Å². The molecule has 0 aliphatic carbocycles.